The van der Waals surface area contributed by atoms with E-state index in [0.29, 0.717) is 6.07 Å². The molecule has 0 saturated carbocycles. The van der Waals surface area contributed by atoms with Crippen LogP contribution in [0.2, 0.25) is 0 Å². The molecule has 0 aliphatic heterocycles. The number of aromatic hydroxyl groups is 1. The predicted octanol–water partition coefficient (Wildman–Crippen LogP) is 2.70. The summed E-state index contributed by atoms with van der Waals surface area (Å²) in [5.74, 6) is -2.67. The Morgan fingerprint density at radius 1 is 1.47 bits per heavy atom. The third kappa shape index (κ3) is 2.68. The highest BCUT2D eigenvalue weighted by Gasteiger charge is 2.36. The molecule has 0 unspecified atom stereocenters. The van der Waals surface area contributed by atoms with E-state index in [1.54, 1.807) is 0 Å². The van der Waals surface area contributed by atoms with Gasteiger partial charge in [-0.15, -0.1) is 11.6 Å². The molecule has 17 heavy (non-hydrogen) atoms. The second-order valence-electron chi connectivity index (χ2n) is 3.09. The smallest absolute Gasteiger partial charge is 0.420 e. The summed E-state index contributed by atoms with van der Waals surface area (Å²) in [6.45, 7) is 0. The van der Waals surface area contributed by atoms with Crippen molar-refractivity contribution >= 4 is 17.4 Å². The number of carbonyl (C=O) groups is 1. The molecule has 0 atom stereocenters. The lowest BCUT2D eigenvalue weighted by Crippen LogP contribution is -2.10. The van der Waals surface area contributed by atoms with Crippen LogP contribution < -0.4 is 0 Å². The van der Waals surface area contributed by atoms with E-state index in [2.05, 4.69) is 0 Å². The number of phenols is 1. The average Bonchev–Trinajstić information content (AvgIpc) is 2.26. The van der Waals surface area contributed by atoms with Crippen molar-refractivity contribution < 1.29 is 23.1 Å². The quantitative estimate of drug-likeness (QED) is 0.659. The lowest BCUT2D eigenvalue weighted by atomic mass is 10.0. The number of Topliss-reactive ketones (excluding diaryl/α,β-unsaturated/α-hetero) is 1. The largest absolute Gasteiger partial charge is 0.507 e. The molecule has 1 aromatic carbocycles. The van der Waals surface area contributed by atoms with Crippen LogP contribution in [0, 0.1) is 11.3 Å². The third-order valence-electron chi connectivity index (χ3n) is 1.97. The average molecular weight is 264 g/mol. The highest BCUT2D eigenvalue weighted by molar-refractivity contribution is 6.30. The number of halogens is 4. The summed E-state index contributed by atoms with van der Waals surface area (Å²) in [5, 5.41) is 17.9. The number of alkyl halides is 4. The van der Waals surface area contributed by atoms with Gasteiger partial charge in [0.1, 0.15) is 5.75 Å². The first-order valence-corrected chi connectivity index (χ1v) is 4.78. The second kappa shape index (κ2) is 4.63. The first-order chi connectivity index (χ1) is 7.81. The summed E-state index contributed by atoms with van der Waals surface area (Å²) in [4.78, 5) is 11.2. The van der Waals surface area contributed by atoms with Gasteiger partial charge in [-0.05, 0) is 12.1 Å². The molecule has 0 fully saturated rings. The fourth-order valence-corrected chi connectivity index (χ4v) is 1.34. The lowest BCUT2D eigenvalue weighted by Gasteiger charge is -2.12. The van der Waals surface area contributed by atoms with Crippen LogP contribution in [0.15, 0.2) is 12.1 Å². The predicted molar refractivity (Wildman–Crippen MR) is 52.9 cm³/mol. The molecule has 0 spiro atoms. The van der Waals surface area contributed by atoms with Gasteiger partial charge in [0, 0.05) is 0 Å². The van der Waals surface area contributed by atoms with Gasteiger partial charge in [0.2, 0.25) is 0 Å². The highest BCUT2D eigenvalue weighted by atomic mass is 35.5. The monoisotopic (exact) mass is 263 g/mol. The normalized spacial score (nSPS) is 11.0. The molecule has 1 N–H and O–H groups in total. The minimum absolute atomic E-state index is 0.372. The first-order valence-electron chi connectivity index (χ1n) is 4.24. The van der Waals surface area contributed by atoms with Crippen LogP contribution in [0.3, 0.4) is 0 Å². The molecule has 0 aliphatic rings. The molecule has 0 heterocycles. The minimum atomic E-state index is -4.85. The van der Waals surface area contributed by atoms with Gasteiger partial charge in [-0.25, -0.2) is 0 Å². The summed E-state index contributed by atoms with van der Waals surface area (Å²) < 4.78 is 37.5. The van der Waals surface area contributed by atoms with Gasteiger partial charge in [-0.3, -0.25) is 4.79 Å². The maximum absolute atomic E-state index is 12.5. The van der Waals surface area contributed by atoms with Crippen molar-refractivity contribution in [1.82, 2.24) is 0 Å². The number of phenolic OH excluding ortho intramolecular Hbond substituents is 1. The summed E-state index contributed by atoms with van der Waals surface area (Å²) in [6.07, 6.45) is -4.85. The van der Waals surface area contributed by atoms with Crippen LogP contribution in [0.5, 0.6) is 5.75 Å². The second-order valence-corrected chi connectivity index (χ2v) is 3.35. The minimum Gasteiger partial charge on any atom is -0.507 e. The van der Waals surface area contributed by atoms with E-state index in [1.165, 1.54) is 6.07 Å². The van der Waals surface area contributed by atoms with Crippen LogP contribution in [0.25, 0.3) is 0 Å². The SMILES string of the molecule is N#Cc1cc(C(=O)CCl)c(O)c(C(F)(F)F)c1. The molecule has 0 saturated heterocycles. The van der Waals surface area contributed by atoms with E-state index in [9.17, 15) is 23.1 Å². The maximum Gasteiger partial charge on any atom is 0.420 e. The number of hydrogen-bond acceptors (Lipinski definition) is 3. The number of carbonyl (C=O) groups excluding carboxylic acids is 1. The van der Waals surface area contributed by atoms with Gasteiger partial charge >= 0.3 is 6.18 Å². The summed E-state index contributed by atoms with van der Waals surface area (Å²) >= 11 is 5.20. The fraction of sp³-hybridized carbons (Fsp3) is 0.200. The van der Waals surface area contributed by atoms with Crippen molar-refractivity contribution in [2.75, 3.05) is 5.88 Å². The van der Waals surface area contributed by atoms with E-state index in [1.807, 2.05) is 0 Å². The molecule has 7 heteroatoms. The number of rotatable bonds is 2. The van der Waals surface area contributed by atoms with Gasteiger partial charge in [-0.2, -0.15) is 18.4 Å². The Morgan fingerprint density at radius 3 is 2.47 bits per heavy atom. The molecular formula is C10H5ClF3NO2. The van der Waals surface area contributed by atoms with E-state index in [-0.39, 0.29) is 5.56 Å². The summed E-state index contributed by atoms with van der Waals surface area (Å²) in [6, 6.07) is 2.82. The van der Waals surface area contributed by atoms with Crippen LogP contribution in [-0.4, -0.2) is 16.8 Å². The first kappa shape index (κ1) is 13.3. The molecule has 1 rings (SSSR count). The Balaban J connectivity index is 3.54. The molecular weight excluding hydrogens is 259 g/mol. The van der Waals surface area contributed by atoms with Crippen molar-refractivity contribution in [2.45, 2.75) is 6.18 Å². The Bertz CT molecular complexity index is 505. The Morgan fingerprint density at radius 2 is 2.06 bits per heavy atom. The summed E-state index contributed by atoms with van der Waals surface area (Å²) in [5.41, 5.74) is -2.40. The number of nitriles is 1. The molecule has 0 aromatic heterocycles. The van der Waals surface area contributed by atoms with Crippen molar-refractivity contribution in [1.29, 1.82) is 5.26 Å². The molecule has 0 bridgehead atoms. The standard InChI is InChI=1S/C10H5ClF3NO2/c11-3-8(16)6-1-5(4-15)2-7(9(6)17)10(12,13)14/h1-2,17H,3H2. The molecule has 0 amide bonds. The molecule has 3 nitrogen and oxygen atoms in total. The van der Waals surface area contributed by atoms with Crippen LogP contribution in [-0.2, 0) is 6.18 Å². The Hall–Kier alpha value is -1.74. The van der Waals surface area contributed by atoms with Crippen molar-refractivity contribution in [3.63, 3.8) is 0 Å². The van der Waals surface area contributed by atoms with E-state index >= 15 is 0 Å². The van der Waals surface area contributed by atoms with Crippen LogP contribution in [0.4, 0.5) is 13.2 Å². The van der Waals surface area contributed by atoms with Gasteiger partial charge in [0.25, 0.3) is 0 Å². The molecule has 0 radical (unpaired) electrons. The number of nitrogens with zero attached hydrogens (tertiary/aromatic N) is 1. The van der Waals surface area contributed by atoms with Crippen LogP contribution in [0.1, 0.15) is 21.5 Å². The number of ketones is 1. The fourth-order valence-electron chi connectivity index (χ4n) is 1.20. The van der Waals surface area contributed by atoms with E-state index in [4.69, 9.17) is 16.9 Å². The van der Waals surface area contributed by atoms with Gasteiger partial charge in [0.15, 0.2) is 5.78 Å². The zero-order valence-corrected chi connectivity index (χ0v) is 8.93. The zero-order chi connectivity index (χ0) is 13.2. The lowest BCUT2D eigenvalue weighted by molar-refractivity contribution is -0.138. The number of hydrogen-bond donors (Lipinski definition) is 1. The molecule has 90 valence electrons. The third-order valence-corrected chi connectivity index (χ3v) is 2.21. The van der Waals surface area contributed by atoms with Crippen molar-refractivity contribution in [3.8, 4) is 11.8 Å². The Kier molecular flexibility index (Phi) is 3.63. The molecule has 1 aromatic rings. The van der Waals surface area contributed by atoms with E-state index < -0.39 is 34.7 Å². The van der Waals surface area contributed by atoms with Crippen LogP contribution >= 0.6 is 11.6 Å². The Labute approximate surface area is 99.0 Å². The van der Waals surface area contributed by atoms with Crippen molar-refractivity contribution in [2.24, 2.45) is 0 Å². The van der Waals surface area contributed by atoms with Gasteiger partial charge < -0.3 is 5.11 Å². The topological polar surface area (TPSA) is 61.1 Å². The summed E-state index contributed by atoms with van der Waals surface area (Å²) in [7, 11) is 0. The molecule has 0 aliphatic carbocycles. The zero-order valence-electron chi connectivity index (χ0n) is 8.18. The van der Waals surface area contributed by atoms with E-state index in [0.717, 1.165) is 6.07 Å². The van der Waals surface area contributed by atoms with Gasteiger partial charge in [-0.1, -0.05) is 0 Å². The number of benzene rings is 1. The maximum atomic E-state index is 12.5. The van der Waals surface area contributed by atoms with Crippen molar-refractivity contribution in [3.05, 3.63) is 28.8 Å². The highest BCUT2D eigenvalue weighted by Crippen LogP contribution is 2.38. The van der Waals surface area contributed by atoms with Gasteiger partial charge in [0.05, 0.1) is 28.6 Å².